The molecule has 6 nitrogen and oxygen atoms in total. The Balaban J connectivity index is 1.40. The van der Waals surface area contributed by atoms with E-state index >= 15 is 0 Å². The van der Waals surface area contributed by atoms with Gasteiger partial charge < -0.3 is 14.8 Å². The molecule has 4 rings (SSSR count). The number of nitrogens with one attached hydrogen (secondary N) is 1. The molecule has 0 aliphatic carbocycles. The highest BCUT2D eigenvalue weighted by atomic mass is 32.2. The number of amides is 1. The van der Waals surface area contributed by atoms with Crippen molar-refractivity contribution in [1.82, 2.24) is 15.3 Å². The maximum atomic E-state index is 12.5. The van der Waals surface area contributed by atoms with E-state index in [1.807, 2.05) is 49.4 Å². The first kappa shape index (κ1) is 16.7. The quantitative estimate of drug-likeness (QED) is 0.552. The molecule has 0 spiro atoms. The van der Waals surface area contributed by atoms with Gasteiger partial charge in [0.25, 0.3) is 0 Å². The number of carbonyl (C=O) groups is 1. The molecule has 2 aromatic carbocycles. The average Bonchev–Trinajstić information content (AvgIpc) is 3.14. The number of carbonyl (C=O) groups excluding carboxylic acids is 1. The van der Waals surface area contributed by atoms with E-state index in [0.717, 1.165) is 27.2 Å². The third-order valence-corrected chi connectivity index (χ3v) is 5.18. The van der Waals surface area contributed by atoms with Gasteiger partial charge in [-0.2, -0.15) is 0 Å². The second-order valence-corrected chi connectivity index (χ2v) is 7.19. The maximum Gasteiger partial charge on any atom is 0.233 e. The molecule has 2 heterocycles. The van der Waals surface area contributed by atoms with E-state index < -0.39 is 0 Å². The van der Waals surface area contributed by atoms with E-state index in [9.17, 15) is 4.79 Å². The lowest BCUT2D eigenvalue weighted by Crippen LogP contribution is -2.30. The highest BCUT2D eigenvalue weighted by Gasteiger charge is 2.18. The first-order valence-electron chi connectivity index (χ1n) is 8.23. The highest BCUT2D eigenvalue weighted by Crippen LogP contribution is 2.32. The Hall–Kier alpha value is -2.80. The lowest BCUT2D eigenvalue weighted by atomic mass is 10.2. The summed E-state index contributed by atoms with van der Waals surface area (Å²) in [5.74, 6) is 1.40. The van der Waals surface area contributed by atoms with Gasteiger partial charge in [-0.15, -0.1) is 0 Å². The molecule has 1 atom stereocenters. The predicted molar refractivity (Wildman–Crippen MR) is 99.3 cm³/mol. The third-order valence-electron chi connectivity index (χ3n) is 4.07. The minimum absolute atomic E-state index is 0.0460. The minimum atomic E-state index is -0.276. The molecule has 0 saturated carbocycles. The predicted octanol–water partition coefficient (Wildman–Crippen LogP) is 3.16. The highest BCUT2D eigenvalue weighted by molar-refractivity contribution is 8.00. The average molecular weight is 367 g/mol. The van der Waals surface area contributed by atoms with Crippen molar-refractivity contribution >= 4 is 28.6 Å². The number of para-hydroxylation sites is 1. The van der Waals surface area contributed by atoms with E-state index in [0.29, 0.717) is 12.3 Å². The molecule has 132 valence electrons. The summed E-state index contributed by atoms with van der Waals surface area (Å²) in [5.41, 5.74) is 1.84. The molecular weight excluding hydrogens is 350 g/mol. The van der Waals surface area contributed by atoms with Crippen molar-refractivity contribution in [3.63, 3.8) is 0 Å². The summed E-state index contributed by atoms with van der Waals surface area (Å²) in [4.78, 5) is 21.0. The number of benzene rings is 2. The summed E-state index contributed by atoms with van der Waals surface area (Å²) in [6, 6.07) is 13.4. The van der Waals surface area contributed by atoms with E-state index in [-0.39, 0.29) is 18.0 Å². The van der Waals surface area contributed by atoms with Crippen LogP contribution in [-0.2, 0) is 11.3 Å². The van der Waals surface area contributed by atoms with Crippen LogP contribution in [0.2, 0.25) is 0 Å². The standard InChI is InChI=1S/C19H17N3O3S/c1-12(26-19-14-4-2-3-5-15(14)21-10-22-19)18(23)20-9-13-6-7-16-17(8-13)25-11-24-16/h2-8,10,12H,9,11H2,1H3,(H,20,23)/t12-/m0/s1. The first-order chi connectivity index (χ1) is 12.7. The van der Waals surface area contributed by atoms with Crippen LogP contribution in [0.1, 0.15) is 12.5 Å². The van der Waals surface area contributed by atoms with Gasteiger partial charge >= 0.3 is 0 Å². The maximum absolute atomic E-state index is 12.5. The van der Waals surface area contributed by atoms with E-state index in [1.54, 1.807) is 0 Å². The second-order valence-electron chi connectivity index (χ2n) is 5.86. The van der Waals surface area contributed by atoms with Gasteiger partial charge in [0.2, 0.25) is 12.7 Å². The molecular formula is C19H17N3O3S. The molecule has 0 unspecified atom stereocenters. The number of hydrogen-bond donors (Lipinski definition) is 1. The Morgan fingerprint density at radius 3 is 2.96 bits per heavy atom. The number of fused-ring (bicyclic) bond motifs is 2. The Morgan fingerprint density at radius 2 is 2.04 bits per heavy atom. The van der Waals surface area contributed by atoms with Crippen LogP contribution in [0.4, 0.5) is 0 Å². The van der Waals surface area contributed by atoms with Gasteiger partial charge in [-0.3, -0.25) is 4.79 Å². The number of ether oxygens (including phenoxy) is 2. The third kappa shape index (κ3) is 3.43. The molecule has 1 aliphatic heterocycles. The van der Waals surface area contributed by atoms with Crippen LogP contribution in [0.15, 0.2) is 53.8 Å². The number of hydrogen-bond acceptors (Lipinski definition) is 6. The Kier molecular flexibility index (Phi) is 4.62. The summed E-state index contributed by atoms with van der Waals surface area (Å²) < 4.78 is 10.7. The Bertz CT molecular complexity index is 958. The van der Waals surface area contributed by atoms with Crippen LogP contribution >= 0.6 is 11.8 Å². The zero-order chi connectivity index (χ0) is 17.9. The van der Waals surface area contributed by atoms with Crippen molar-refractivity contribution in [2.45, 2.75) is 23.7 Å². The summed E-state index contributed by atoms with van der Waals surface area (Å²) in [7, 11) is 0. The molecule has 1 N–H and O–H groups in total. The second kappa shape index (κ2) is 7.21. The van der Waals surface area contributed by atoms with Crippen LogP contribution in [0.25, 0.3) is 10.9 Å². The minimum Gasteiger partial charge on any atom is -0.454 e. The van der Waals surface area contributed by atoms with Crippen molar-refractivity contribution in [3.05, 3.63) is 54.4 Å². The van der Waals surface area contributed by atoms with Crippen molar-refractivity contribution in [3.8, 4) is 11.5 Å². The number of rotatable bonds is 5. The molecule has 0 radical (unpaired) electrons. The largest absolute Gasteiger partial charge is 0.454 e. The smallest absolute Gasteiger partial charge is 0.233 e. The van der Waals surface area contributed by atoms with Gasteiger partial charge in [0.1, 0.15) is 11.4 Å². The van der Waals surface area contributed by atoms with Gasteiger partial charge in [-0.25, -0.2) is 9.97 Å². The van der Waals surface area contributed by atoms with Gasteiger partial charge in [0.15, 0.2) is 11.5 Å². The van der Waals surface area contributed by atoms with Crippen molar-refractivity contribution < 1.29 is 14.3 Å². The van der Waals surface area contributed by atoms with Crippen LogP contribution in [0.5, 0.6) is 11.5 Å². The molecule has 7 heteroatoms. The molecule has 1 aromatic heterocycles. The van der Waals surface area contributed by atoms with E-state index in [4.69, 9.17) is 9.47 Å². The lowest BCUT2D eigenvalue weighted by Gasteiger charge is -2.13. The SMILES string of the molecule is C[C@H](Sc1ncnc2ccccc12)C(=O)NCc1ccc2c(c1)OCO2. The van der Waals surface area contributed by atoms with Gasteiger partial charge in [0, 0.05) is 11.9 Å². The monoisotopic (exact) mass is 367 g/mol. The number of nitrogens with zero attached hydrogens (tertiary/aromatic N) is 2. The Labute approximate surface area is 154 Å². The normalized spacial score (nSPS) is 13.6. The summed E-state index contributed by atoms with van der Waals surface area (Å²) in [6.45, 7) is 2.55. The molecule has 1 amide bonds. The molecule has 3 aromatic rings. The van der Waals surface area contributed by atoms with Crippen molar-refractivity contribution in [1.29, 1.82) is 0 Å². The Morgan fingerprint density at radius 1 is 1.19 bits per heavy atom. The summed E-state index contributed by atoms with van der Waals surface area (Å²) in [6.07, 6.45) is 1.53. The van der Waals surface area contributed by atoms with Crippen molar-refractivity contribution in [2.75, 3.05) is 6.79 Å². The fraction of sp³-hybridized carbons (Fsp3) is 0.211. The van der Waals surface area contributed by atoms with Gasteiger partial charge in [-0.1, -0.05) is 36.0 Å². The van der Waals surface area contributed by atoms with Gasteiger partial charge in [0.05, 0.1) is 10.8 Å². The number of aromatic nitrogens is 2. The first-order valence-corrected chi connectivity index (χ1v) is 9.11. The zero-order valence-corrected chi connectivity index (χ0v) is 15.0. The molecule has 26 heavy (non-hydrogen) atoms. The lowest BCUT2D eigenvalue weighted by molar-refractivity contribution is -0.120. The summed E-state index contributed by atoms with van der Waals surface area (Å²) in [5, 5.41) is 4.44. The zero-order valence-electron chi connectivity index (χ0n) is 14.1. The summed E-state index contributed by atoms with van der Waals surface area (Å²) >= 11 is 1.43. The van der Waals surface area contributed by atoms with E-state index in [1.165, 1.54) is 18.1 Å². The van der Waals surface area contributed by atoms with E-state index in [2.05, 4.69) is 15.3 Å². The van der Waals surface area contributed by atoms with Crippen LogP contribution in [-0.4, -0.2) is 27.9 Å². The van der Waals surface area contributed by atoms with Crippen LogP contribution in [0, 0.1) is 0 Å². The van der Waals surface area contributed by atoms with Crippen LogP contribution < -0.4 is 14.8 Å². The molecule has 0 bridgehead atoms. The topological polar surface area (TPSA) is 73.3 Å². The van der Waals surface area contributed by atoms with Crippen LogP contribution in [0.3, 0.4) is 0 Å². The van der Waals surface area contributed by atoms with Gasteiger partial charge in [-0.05, 0) is 30.7 Å². The molecule has 0 saturated heterocycles. The molecule has 1 aliphatic rings. The number of thioether (sulfide) groups is 1. The fourth-order valence-electron chi connectivity index (χ4n) is 2.68. The van der Waals surface area contributed by atoms with Crippen molar-refractivity contribution in [2.24, 2.45) is 0 Å². The molecule has 0 fully saturated rings. The fourth-order valence-corrected chi connectivity index (χ4v) is 3.61.